The summed E-state index contributed by atoms with van der Waals surface area (Å²) in [5.41, 5.74) is 4.54. The molecule has 0 saturated heterocycles. The summed E-state index contributed by atoms with van der Waals surface area (Å²) in [4.78, 5) is 17.3. The molecule has 2 aromatic carbocycles. The van der Waals surface area contributed by atoms with E-state index >= 15 is 0 Å². The van der Waals surface area contributed by atoms with Gasteiger partial charge in [0.15, 0.2) is 0 Å². The van der Waals surface area contributed by atoms with E-state index in [4.69, 9.17) is 9.47 Å². The topological polar surface area (TPSA) is 42.0 Å². The van der Waals surface area contributed by atoms with Gasteiger partial charge in [-0.05, 0) is 61.1 Å². The summed E-state index contributed by atoms with van der Waals surface area (Å²) < 4.78 is 10.9. The van der Waals surface area contributed by atoms with Crippen LogP contribution >= 0.6 is 0 Å². The molecule has 0 bridgehead atoms. The molecular weight excluding hydrogens is 340 g/mol. The Morgan fingerprint density at radius 2 is 1.81 bits per heavy atom. The van der Waals surface area contributed by atoms with E-state index in [2.05, 4.69) is 11.0 Å². The molecule has 0 aliphatic carbocycles. The van der Waals surface area contributed by atoms with Gasteiger partial charge in [0.05, 0.1) is 26.5 Å². The highest BCUT2D eigenvalue weighted by atomic mass is 16.5. The number of para-hydroxylation sites is 1. The van der Waals surface area contributed by atoms with Gasteiger partial charge >= 0.3 is 0 Å². The number of rotatable bonds is 4. The van der Waals surface area contributed by atoms with Gasteiger partial charge in [-0.3, -0.25) is 4.79 Å². The Hall–Kier alpha value is -2.69. The van der Waals surface area contributed by atoms with Crippen LogP contribution in [-0.4, -0.2) is 39.8 Å². The molecule has 27 heavy (non-hydrogen) atoms. The van der Waals surface area contributed by atoms with Crippen molar-refractivity contribution in [1.29, 1.82) is 0 Å². The number of aryl methyl sites for hydroxylation is 2. The van der Waals surface area contributed by atoms with Crippen molar-refractivity contribution in [3.63, 3.8) is 0 Å². The van der Waals surface area contributed by atoms with E-state index in [9.17, 15) is 4.79 Å². The number of amides is 1. The van der Waals surface area contributed by atoms with Crippen LogP contribution in [0.1, 0.15) is 24.0 Å². The lowest BCUT2D eigenvalue weighted by molar-refractivity contribution is -0.117. The van der Waals surface area contributed by atoms with Gasteiger partial charge in [-0.2, -0.15) is 0 Å². The number of carbonyl (C=O) groups excluding carboxylic acids is 1. The number of anilines is 2. The van der Waals surface area contributed by atoms with E-state index in [0.29, 0.717) is 6.54 Å². The fourth-order valence-corrected chi connectivity index (χ4v) is 4.23. The highest BCUT2D eigenvalue weighted by Gasteiger charge is 2.27. The van der Waals surface area contributed by atoms with E-state index < -0.39 is 0 Å². The van der Waals surface area contributed by atoms with Gasteiger partial charge in [0.1, 0.15) is 11.5 Å². The second kappa shape index (κ2) is 7.51. The molecule has 5 heteroatoms. The largest absolute Gasteiger partial charge is 0.497 e. The molecule has 5 nitrogen and oxygen atoms in total. The van der Waals surface area contributed by atoms with Gasteiger partial charge in [-0.15, -0.1) is 0 Å². The quantitative estimate of drug-likeness (QED) is 0.831. The predicted molar refractivity (Wildman–Crippen MR) is 107 cm³/mol. The van der Waals surface area contributed by atoms with Crippen molar-refractivity contribution < 1.29 is 14.3 Å². The Morgan fingerprint density at radius 3 is 2.63 bits per heavy atom. The maximum atomic E-state index is 13.2. The minimum Gasteiger partial charge on any atom is -0.497 e. The van der Waals surface area contributed by atoms with Crippen LogP contribution in [0.4, 0.5) is 11.4 Å². The number of hydrogen-bond acceptors (Lipinski definition) is 4. The average Bonchev–Trinajstić information content (AvgIpc) is 2.72. The van der Waals surface area contributed by atoms with Crippen LogP contribution < -0.4 is 19.3 Å². The Bertz CT molecular complexity index is 835. The Morgan fingerprint density at radius 1 is 1.00 bits per heavy atom. The lowest BCUT2D eigenvalue weighted by atomic mass is 10.00. The first kappa shape index (κ1) is 17.7. The van der Waals surface area contributed by atoms with Crippen molar-refractivity contribution in [2.75, 3.05) is 43.7 Å². The molecule has 2 aliphatic rings. The molecule has 0 atom stereocenters. The van der Waals surface area contributed by atoms with E-state index in [-0.39, 0.29) is 5.91 Å². The van der Waals surface area contributed by atoms with Crippen molar-refractivity contribution in [1.82, 2.24) is 0 Å². The fraction of sp³-hybridized carbons (Fsp3) is 0.409. The third-order valence-electron chi connectivity index (χ3n) is 5.53. The summed E-state index contributed by atoms with van der Waals surface area (Å²) in [6.45, 7) is 2.02. The zero-order valence-electron chi connectivity index (χ0n) is 16.0. The van der Waals surface area contributed by atoms with Crippen molar-refractivity contribution >= 4 is 17.3 Å². The van der Waals surface area contributed by atoms with Crippen LogP contribution in [0.5, 0.6) is 11.5 Å². The number of nitrogens with zero attached hydrogens (tertiary/aromatic N) is 2. The molecule has 0 N–H and O–H groups in total. The number of methoxy groups -OCH3 is 2. The first-order valence-corrected chi connectivity index (χ1v) is 9.59. The predicted octanol–water partition coefficient (Wildman–Crippen LogP) is 3.44. The summed E-state index contributed by atoms with van der Waals surface area (Å²) in [5.74, 6) is 1.83. The smallest absolute Gasteiger partial charge is 0.246 e. The summed E-state index contributed by atoms with van der Waals surface area (Å²) in [6.07, 6.45) is 4.05. The zero-order chi connectivity index (χ0) is 18.8. The zero-order valence-corrected chi connectivity index (χ0v) is 16.0. The number of ether oxygens (including phenoxy) is 2. The standard InChI is InChI=1S/C22H26N2O3/c1-26-18-10-11-19-17(14-18)8-5-13-24(19)21(25)15-23-12-4-7-16-6-3-9-20(27-2)22(16)23/h3,6,9-11,14H,4-5,7-8,12-13,15H2,1-2H3. The van der Waals surface area contributed by atoms with E-state index in [1.165, 1.54) is 11.1 Å². The number of carbonyl (C=O) groups is 1. The average molecular weight is 366 g/mol. The molecule has 0 spiro atoms. The molecule has 142 valence electrons. The number of hydrogen-bond donors (Lipinski definition) is 0. The molecule has 2 aliphatic heterocycles. The van der Waals surface area contributed by atoms with E-state index in [0.717, 1.165) is 61.6 Å². The van der Waals surface area contributed by atoms with Gasteiger partial charge in [-0.25, -0.2) is 0 Å². The highest BCUT2D eigenvalue weighted by Crippen LogP contribution is 2.36. The normalized spacial score (nSPS) is 15.8. The second-order valence-electron chi connectivity index (χ2n) is 7.14. The lowest BCUT2D eigenvalue weighted by Crippen LogP contribution is -2.44. The third kappa shape index (κ3) is 3.34. The molecule has 0 radical (unpaired) electrons. The molecular formula is C22H26N2O3. The summed E-state index contributed by atoms with van der Waals surface area (Å²) in [5, 5.41) is 0. The first-order valence-electron chi connectivity index (χ1n) is 9.59. The van der Waals surface area contributed by atoms with Crippen LogP contribution in [0.25, 0.3) is 0 Å². The Balaban J connectivity index is 1.59. The van der Waals surface area contributed by atoms with Gasteiger partial charge in [-0.1, -0.05) is 12.1 Å². The fourth-order valence-electron chi connectivity index (χ4n) is 4.23. The van der Waals surface area contributed by atoms with Crippen LogP contribution in [-0.2, 0) is 17.6 Å². The van der Waals surface area contributed by atoms with Gasteiger partial charge < -0.3 is 19.3 Å². The third-order valence-corrected chi connectivity index (χ3v) is 5.53. The molecule has 1 amide bonds. The van der Waals surface area contributed by atoms with Crippen molar-refractivity contribution in [3.8, 4) is 11.5 Å². The summed E-state index contributed by atoms with van der Waals surface area (Å²) >= 11 is 0. The summed E-state index contributed by atoms with van der Waals surface area (Å²) in [6, 6.07) is 12.1. The second-order valence-corrected chi connectivity index (χ2v) is 7.14. The van der Waals surface area contributed by atoms with Gasteiger partial charge in [0.25, 0.3) is 0 Å². The summed E-state index contributed by atoms with van der Waals surface area (Å²) in [7, 11) is 3.37. The number of fused-ring (bicyclic) bond motifs is 2. The molecule has 2 heterocycles. The van der Waals surface area contributed by atoms with Crippen LogP contribution in [0.3, 0.4) is 0 Å². The van der Waals surface area contributed by atoms with Crippen molar-refractivity contribution in [3.05, 3.63) is 47.5 Å². The number of benzene rings is 2. The highest BCUT2D eigenvalue weighted by molar-refractivity contribution is 5.98. The molecule has 0 unspecified atom stereocenters. The van der Waals surface area contributed by atoms with Crippen LogP contribution in [0.2, 0.25) is 0 Å². The van der Waals surface area contributed by atoms with Crippen molar-refractivity contribution in [2.24, 2.45) is 0 Å². The SMILES string of the molecule is COc1ccc2c(c1)CCCN2C(=O)CN1CCCc2cccc(OC)c21. The molecule has 0 fully saturated rings. The first-order chi connectivity index (χ1) is 13.2. The molecule has 0 saturated carbocycles. The maximum absolute atomic E-state index is 13.2. The minimum atomic E-state index is 0.139. The minimum absolute atomic E-state index is 0.139. The van der Waals surface area contributed by atoms with Crippen molar-refractivity contribution in [2.45, 2.75) is 25.7 Å². The van der Waals surface area contributed by atoms with Gasteiger partial charge in [0.2, 0.25) is 5.91 Å². The Labute approximate surface area is 160 Å². The molecule has 2 aromatic rings. The van der Waals surface area contributed by atoms with Gasteiger partial charge in [0, 0.05) is 18.8 Å². The lowest BCUT2D eigenvalue weighted by Gasteiger charge is -2.35. The van der Waals surface area contributed by atoms with Crippen LogP contribution in [0.15, 0.2) is 36.4 Å². The Kier molecular flexibility index (Phi) is 4.92. The monoisotopic (exact) mass is 366 g/mol. The molecule has 4 rings (SSSR count). The molecule has 0 aromatic heterocycles. The van der Waals surface area contributed by atoms with E-state index in [1.807, 2.05) is 35.2 Å². The van der Waals surface area contributed by atoms with E-state index in [1.54, 1.807) is 14.2 Å². The van der Waals surface area contributed by atoms with Crippen LogP contribution in [0, 0.1) is 0 Å². The maximum Gasteiger partial charge on any atom is 0.246 e.